The first-order valence-corrected chi connectivity index (χ1v) is 9.57. The van der Waals surface area contributed by atoms with Crippen molar-refractivity contribution in [2.75, 3.05) is 6.26 Å². The van der Waals surface area contributed by atoms with Gasteiger partial charge in [-0.15, -0.1) is 0 Å². The molecule has 0 saturated heterocycles. The van der Waals surface area contributed by atoms with Crippen LogP contribution in [-0.4, -0.2) is 19.2 Å². The summed E-state index contributed by atoms with van der Waals surface area (Å²) < 4.78 is 57.8. The Morgan fingerprint density at radius 1 is 1.12 bits per heavy atom. The van der Waals surface area contributed by atoms with Crippen LogP contribution in [0.1, 0.15) is 38.1 Å². The SMILES string of the molecule is CS(=O)(=O)c1cc(F)c(-c2coc(=O)n2C2CCCCC2)cc1F. The first-order chi connectivity index (χ1) is 11.3. The van der Waals surface area contributed by atoms with E-state index in [1.165, 1.54) is 4.57 Å². The van der Waals surface area contributed by atoms with E-state index in [9.17, 15) is 22.0 Å². The predicted octanol–water partition coefficient (Wildman–Crippen LogP) is 3.30. The summed E-state index contributed by atoms with van der Waals surface area (Å²) in [7, 11) is -3.89. The van der Waals surface area contributed by atoms with E-state index in [0.29, 0.717) is 6.07 Å². The van der Waals surface area contributed by atoms with E-state index in [4.69, 9.17) is 4.42 Å². The zero-order valence-electron chi connectivity index (χ0n) is 13.1. The summed E-state index contributed by atoms with van der Waals surface area (Å²) in [6.45, 7) is 0. The summed E-state index contributed by atoms with van der Waals surface area (Å²) in [5.41, 5.74) is -0.0559. The van der Waals surface area contributed by atoms with Gasteiger partial charge in [-0.2, -0.15) is 0 Å². The summed E-state index contributed by atoms with van der Waals surface area (Å²) in [5, 5.41) is 0. The van der Waals surface area contributed by atoms with Crippen LogP contribution in [0.5, 0.6) is 0 Å². The van der Waals surface area contributed by atoms with E-state index in [2.05, 4.69) is 0 Å². The normalized spacial score (nSPS) is 16.5. The second-order valence-corrected chi connectivity index (χ2v) is 8.07. The Morgan fingerprint density at radius 3 is 2.42 bits per heavy atom. The smallest absolute Gasteiger partial charge is 0.416 e. The van der Waals surface area contributed by atoms with Crippen molar-refractivity contribution in [3.63, 3.8) is 0 Å². The van der Waals surface area contributed by atoms with Gasteiger partial charge >= 0.3 is 5.76 Å². The Labute approximate surface area is 137 Å². The van der Waals surface area contributed by atoms with Crippen molar-refractivity contribution < 1.29 is 21.6 Å². The van der Waals surface area contributed by atoms with Crippen molar-refractivity contribution in [3.05, 3.63) is 40.6 Å². The maximum absolute atomic E-state index is 14.4. The maximum Gasteiger partial charge on any atom is 0.419 e. The lowest BCUT2D eigenvalue weighted by molar-refractivity contribution is 0.331. The van der Waals surface area contributed by atoms with Gasteiger partial charge in [0.2, 0.25) is 0 Å². The Balaban J connectivity index is 2.14. The highest BCUT2D eigenvalue weighted by atomic mass is 32.2. The molecule has 2 aromatic rings. The van der Waals surface area contributed by atoms with Crippen molar-refractivity contribution >= 4 is 9.84 Å². The highest BCUT2D eigenvalue weighted by Crippen LogP contribution is 2.33. The molecule has 1 fully saturated rings. The van der Waals surface area contributed by atoms with Crippen LogP contribution in [0.2, 0.25) is 0 Å². The van der Waals surface area contributed by atoms with Gasteiger partial charge in [-0.25, -0.2) is 22.0 Å². The van der Waals surface area contributed by atoms with Crippen LogP contribution >= 0.6 is 0 Å². The highest BCUT2D eigenvalue weighted by Gasteiger charge is 2.25. The topological polar surface area (TPSA) is 69.3 Å². The molecule has 0 atom stereocenters. The van der Waals surface area contributed by atoms with Crippen LogP contribution in [-0.2, 0) is 9.84 Å². The van der Waals surface area contributed by atoms with Crippen LogP contribution in [0.15, 0.2) is 32.5 Å². The fourth-order valence-electron chi connectivity index (χ4n) is 3.21. The lowest BCUT2D eigenvalue weighted by Crippen LogP contribution is -2.23. The van der Waals surface area contributed by atoms with Crippen molar-refractivity contribution in [2.45, 2.75) is 43.0 Å². The number of nitrogens with zero attached hydrogens (tertiary/aromatic N) is 1. The molecule has 1 aliphatic carbocycles. The molecule has 1 heterocycles. The minimum atomic E-state index is -3.89. The summed E-state index contributed by atoms with van der Waals surface area (Å²) in [4.78, 5) is 11.3. The molecule has 0 N–H and O–H groups in total. The quantitative estimate of drug-likeness (QED) is 0.845. The van der Waals surface area contributed by atoms with Gasteiger partial charge in [0.05, 0.1) is 5.69 Å². The third-order valence-electron chi connectivity index (χ3n) is 4.36. The molecule has 1 aliphatic rings. The van der Waals surface area contributed by atoms with Crippen LogP contribution < -0.4 is 5.76 Å². The van der Waals surface area contributed by atoms with Crippen molar-refractivity contribution in [1.82, 2.24) is 4.57 Å². The number of aromatic nitrogens is 1. The molecule has 0 aliphatic heterocycles. The first kappa shape index (κ1) is 16.9. The number of benzene rings is 1. The van der Waals surface area contributed by atoms with Gasteiger partial charge in [-0.3, -0.25) is 4.57 Å². The summed E-state index contributed by atoms with van der Waals surface area (Å²) in [5.74, 6) is -2.59. The Bertz CT molecular complexity index is 924. The monoisotopic (exact) mass is 357 g/mol. The van der Waals surface area contributed by atoms with Crippen LogP contribution in [0.3, 0.4) is 0 Å². The minimum absolute atomic E-state index is 0.128. The molecule has 0 radical (unpaired) electrons. The van der Waals surface area contributed by atoms with Gasteiger partial charge in [0.1, 0.15) is 22.8 Å². The molecule has 1 aromatic carbocycles. The fraction of sp³-hybridized carbons (Fsp3) is 0.438. The van der Waals surface area contributed by atoms with Gasteiger partial charge in [-0.1, -0.05) is 19.3 Å². The molecule has 0 spiro atoms. The average molecular weight is 357 g/mol. The molecular formula is C16H17F2NO4S. The number of oxazole rings is 1. The fourth-order valence-corrected chi connectivity index (χ4v) is 3.94. The number of rotatable bonds is 3. The zero-order chi connectivity index (χ0) is 17.5. The second-order valence-electron chi connectivity index (χ2n) is 6.08. The van der Waals surface area contributed by atoms with Gasteiger partial charge in [-0.05, 0) is 25.0 Å². The maximum atomic E-state index is 14.4. The molecule has 0 unspecified atom stereocenters. The standard InChI is InChI=1S/C16H17F2NO4S/c1-24(21,22)15-8-12(17)11(7-13(15)18)14-9-23-16(20)19(14)10-5-3-2-4-6-10/h7-10H,2-6H2,1H3. The molecule has 1 aromatic heterocycles. The molecule has 0 bridgehead atoms. The Kier molecular flexibility index (Phi) is 4.33. The molecule has 130 valence electrons. The molecule has 1 saturated carbocycles. The largest absolute Gasteiger partial charge is 0.419 e. The highest BCUT2D eigenvalue weighted by molar-refractivity contribution is 7.90. The Hall–Kier alpha value is -1.96. The van der Waals surface area contributed by atoms with Crippen molar-refractivity contribution in [2.24, 2.45) is 0 Å². The molecule has 3 rings (SSSR count). The summed E-state index contributed by atoms with van der Waals surface area (Å²) in [6, 6.07) is 1.31. The molecule has 5 nitrogen and oxygen atoms in total. The van der Waals surface area contributed by atoms with E-state index in [1.807, 2.05) is 0 Å². The number of hydrogen-bond acceptors (Lipinski definition) is 4. The third-order valence-corrected chi connectivity index (χ3v) is 5.48. The number of halogens is 2. The molecule has 8 heteroatoms. The van der Waals surface area contributed by atoms with Gasteiger partial charge in [0.15, 0.2) is 9.84 Å². The predicted molar refractivity (Wildman–Crippen MR) is 83.6 cm³/mol. The lowest BCUT2D eigenvalue weighted by atomic mass is 9.95. The van der Waals surface area contributed by atoms with Crippen LogP contribution in [0, 0.1) is 11.6 Å². The molecule has 24 heavy (non-hydrogen) atoms. The minimum Gasteiger partial charge on any atom is -0.416 e. The zero-order valence-corrected chi connectivity index (χ0v) is 13.9. The van der Waals surface area contributed by atoms with E-state index in [-0.39, 0.29) is 17.3 Å². The van der Waals surface area contributed by atoms with Crippen LogP contribution in [0.4, 0.5) is 8.78 Å². The Morgan fingerprint density at radius 2 is 1.79 bits per heavy atom. The molecular weight excluding hydrogens is 340 g/mol. The average Bonchev–Trinajstić information content (AvgIpc) is 2.90. The number of sulfone groups is 1. The van der Waals surface area contributed by atoms with Crippen molar-refractivity contribution in [3.8, 4) is 11.3 Å². The van der Waals surface area contributed by atoms with E-state index in [1.54, 1.807) is 0 Å². The van der Waals surface area contributed by atoms with E-state index in [0.717, 1.165) is 50.7 Å². The lowest BCUT2D eigenvalue weighted by Gasteiger charge is -2.23. The summed E-state index contributed by atoms with van der Waals surface area (Å²) in [6.07, 6.45) is 6.40. The molecule has 0 amide bonds. The third kappa shape index (κ3) is 3.02. The van der Waals surface area contributed by atoms with Crippen LogP contribution in [0.25, 0.3) is 11.3 Å². The number of hydrogen-bond donors (Lipinski definition) is 0. The van der Waals surface area contributed by atoms with Crippen molar-refractivity contribution in [1.29, 1.82) is 0 Å². The van der Waals surface area contributed by atoms with Gasteiger partial charge in [0, 0.05) is 17.9 Å². The van der Waals surface area contributed by atoms with E-state index >= 15 is 0 Å². The van der Waals surface area contributed by atoms with Gasteiger partial charge in [0.25, 0.3) is 0 Å². The van der Waals surface area contributed by atoms with Gasteiger partial charge < -0.3 is 4.42 Å². The van der Waals surface area contributed by atoms with E-state index < -0.39 is 32.1 Å². The first-order valence-electron chi connectivity index (χ1n) is 7.68. The summed E-state index contributed by atoms with van der Waals surface area (Å²) >= 11 is 0. The second kappa shape index (κ2) is 6.16.